The van der Waals surface area contributed by atoms with Gasteiger partial charge in [-0.05, 0) is 61.0 Å². The van der Waals surface area contributed by atoms with E-state index in [0.29, 0.717) is 0 Å². The Bertz CT molecular complexity index is 1640. The number of benzene rings is 3. The lowest BCUT2D eigenvalue weighted by atomic mass is 10.2. The molecule has 0 bridgehead atoms. The summed E-state index contributed by atoms with van der Waals surface area (Å²) in [5.74, 6) is 0. The van der Waals surface area contributed by atoms with Crippen molar-refractivity contribution in [1.82, 2.24) is 0 Å². The third-order valence-corrected chi connectivity index (χ3v) is 11.2. The van der Waals surface area contributed by atoms with Crippen LogP contribution in [0.5, 0.6) is 0 Å². The van der Waals surface area contributed by atoms with Gasteiger partial charge in [0.15, 0.2) is 0 Å². The van der Waals surface area contributed by atoms with E-state index in [-0.39, 0.29) is 19.8 Å². The number of aryl methyl sites for hydroxylation is 2. The minimum Gasteiger partial charge on any atom is -0.277 e. The number of hydrogen-bond donors (Lipinski definition) is 2. The number of anilines is 2. The average Bonchev–Trinajstić information content (AvgIpc) is 3.39. The van der Waals surface area contributed by atoms with Gasteiger partial charge in [0.1, 0.15) is 8.42 Å². The van der Waals surface area contributed by atoms with E-state index in [0.717, 1.165) is 54.0 Å². The molecule has 0 fully saturated rings. The second kappa shape index (κ2) is 8.38. The first-order chi connectivity index (χ1) is 16.1. The van der Waals surface area contributed by atoms with Crippen LogP contribution < -0.4 is 9.44 Å². The molecule has 0 saturated carbocycles. The van der Waals surface area contributed by atoms with Gasteiger partial charge >= 0.3 is 0 Å². The Kier molecular flexibility index (Phi) is 5.64. The molecule has 2 heterocycles. The summed E-state index contributed by atoms with van der Waals surface area (Å²) in [5, 5.41) is 1.69. The van der Waals surface area contributed by atoms with E-state index in [1.165, 1.54) is 12.1 Å². The maximum Gasteiger partial charge on any atom is 0.271 e. The molecule has 2 N–H and O–H groups in total. The summed E-state index contributed by atoms with van der Waals surface area (Å²) in [4.78, 5) is 0. The van der Waals surface area contributed by atoms with E-state index in [2.05, 4.69) is 9.44 Å². The van der Waals surface area contributed by atoms with Crippen LogP contribution >= 0.6 is 22.7 Å². The van der Waals surface area contributed by atoms with Crippen molar-refractivity contribution < 1.29 is 16.8 Å². The molecule has 6 nitrogen and oxygen atoms in total. The fourth-order valence-corrected chi connectivity index (χ4v) is 8.51. The lowest BCUT2D eigenvalue weighted by Crippen LogP contribution is -2.16. The van der Waals surface area contributed by atoms with Crippen molar-refractivity contribution in [3.63, 3.8) is 0 Å². The van der Waals surface area contributed by atoms with E-state index < -0.39 is 20.0 Å². The highest BCUT2D eigenvalue weighted by Crippen LogP contribution is 2.34. The van der Waals surface area contributed by atoms with Crippen LogP contribution in [0.25, 0.3) is 20.2 Å². The molecule has 34 heavy (non-hydrogen) atoms. The van der Waals surface area contributed by atoms with Gasteiger partial charge in [-0.1, -0.05) is 47.5 Å². The number of nitrogens with one attached hydrogen (secondary N) is 2. The summed E-state index contributed by atoms with van der Waals surface area (Å²) in [5.41, 5.74) is 2.38. The number of rotatable bonds is 6. The first-order valence-corrected chi connectivity index (χ1v) is 14.9. The van der Waals surface area contributed by atoms with Gasteiger partial charge in [0.2, 0.25) is 0 Å². The van der Waals surface area contributed by atoms with Crippen LogP contribution in [0, 0.1) is 13.8 Å². The topological polar surface area (TPSA) is 92.3 Å². The van der Waals surface area contributed by atoms with Crippen LogP contribution in [-0.4, -0.2) is 16.8 Å². The maximum atomic E-state index is 13.1. The van der Waals surface area contributed by atoms with Crippen LogP contribution in [0.4, 0.5) is 11.4 Å². The summed E-state index contributed by atoms with van der Waals surface area (Å²) in [6.07, 6.45) is 0. The van der Waals surface area contributed by atoms with E-state index >= 15 is 0 Å². The molecule has 0 aliphatic carbocycles. The molecule has 0 aliphatic rings. The Morgan fingerprint density at radius 3 is 1.41 bits per heavy atom. The maximum absolute atomic E-state index is 13.1. The van der Waals surface area contributed by atoms with Crippen molar-refractivity contribution in [2.75, 3.05) is 9.44 Å². The zero-order valence-corrected chi connectivity index (χ0v) is 21.5. The lowest BCUT2D eigenvalue weighted by Gasteiger charge is -2.13. The van der Waals surface area contributed by atoms with Crippen molar-refractivity contribution in [2.45, 2.75) is 22.3 Å². The van der Waals surface area contributed by atoms with Crippen LogP contribution in [0.2, 0.25) is 0 Å². The van der Waals surface area contributed by atoms with E-state index in [9.17, 15) is 16.8 Å². The summed E-state index contributed by atoms with van der Waals surface area (Å²) >= 11 is 2.33. The number of thiophene rings is 2. The van der Waals surface area contributed by atoms with Gasteiger partial charge in [-0.2, -0.15) is 0 Å². The zero-order valence-electron chi connectivity index (χ0n) is 18.2. The number of para-hydroxylation sites is 2. The quantitative estimate of drug-likeness (QED) is 0.269. The SMILES string of the molecule is Cc1ccc2sc(S(=O)(=O)Nc3ccccc3NS(=O)(=O)c3cc4cc(C)ccc4s3)cc2c1. The van der Waals surface area contributed by atoms with Gasteiger partial charge < -0.3 is 0 Å². The third kappa shape index (κ3) is 4.41. The van der Waals surface area contributed by atoms with Gasteiger partial charge in [0.25, 0.3) is 20.0 Å². The highest BCUT2D eigenvalue weighted by atomic mass is 32.3. The Morgan fingerprint density at radius 2 is 1.00 bits per heavy atom. The third-order valence-electron chi connectivity index (χ3n) is 5.24. The smallest absolute Gasteiger partial charge is 0.271 e. The van der Waals surface area contributed by atoms with E-state index in [1.807, 2.05) is 50.2 Å². The molecule has 0 atom stereocenters. The minimum atomic E-state index is -3.92. The first-order valence-electron chi connectivity index (χ1n) is 10.3. The van der Waals surface area contributed by atoms with Crippen molar-refractivity contribution in [3.05, 3.63) is 83.9 Å². The number of sulfonamides is 2. The Hall–Kier alpha value is -2.92. The molecular formula is C24H20N2O4S4. The average molecular weight is 529 g/mol. The molecule has 0 aliphatic heterocycles. The molecule has 0 unspecified atom stereocenters. The fourth-order valence-electron chi connectivity index (χ4n) is 3.59. The second-order valence-electron chi connectivity index (χ2n) is 7.97. The van der Waals surface area contributed by atoms with Crippen molar-refractivity contribution in [1.29, 1.82) is 0 Å². The Labute approximate surface area is 206 Å². The molecule has 5 aromatic rings. The van der Waals surface area contributed by atoms with Crippen molar-refractivity contribution in [2.24, 2.45) is 0 Å². The summed E-state index contributed by atoms with van der Waals surface area (Å²) in [6.45, 7) is 3.90. The van der Waals surface area contributed by atoms with Crippen molar-refractivity contribution >= 4 is 74.3 Å². The lowest BCUT2D eigenvalue weighted by molar-refractivity contribution is 0.601. The second-order valence-corrected chi connectivity index (χ2v) is 14.0. The van der Waals surface area contributed by atoms with Crippen LogP contribution in [-0.2, 0) is 20.0 Å². The molecule has 0 amide bonds. The van der Waals surface area contributed by atoms with Crippen LogP contribution in [0.15, 0.2) is 81.2 Å². The van der Waals surface area contributed by atoms with E-state index in [4.69, 9.17) is 0 Å². The van der Waals surface area contributed by atoms with Gasteiger partial charge in [-0.25, -0.2) is 16.8 Å². The van der Waals surface area contributed by atoms with Crippen LogP contribution in [0.1, 0.15) is 11.1 Å². The molecule has 3 aromatic carbocycles. The zero-order chi connectivity index (χ0) is 24.1. The highest BCUT2D eigenvalue weighted by molar-refractivity contribution is 7.95. The molecule has 10 heteroatoms. The minimum absolute atomic E-state index is 0.150. The van der Waals surface area contributed by atoms with Gasteiger partial charge in [0, 0.05) is 9.40 Å². The summed E-state index contributed by atoms with van der Waals surface area (Å²) in [7, 11) is -7.84. The number of hydrogen-bond acceptors (Lipinski definition) is 6. The first kappa shape index (κ1) is 22.9. The van der Waals surface area contributed by atoms with Gasteiger partial charge in [-0.3, -0.25) is 9.44 Å². The molecule has 5 rings (SSSR count). The monoisotopic (exact) mass is 528 g/mol. The normalized spacial score (nSPS) is 12.3. The standard InChI is InChI=1S/C24H20N2O4S4/c1-15-7-9-21-17(11-15)13-23(31-21)33(27,28)25-19-5-3-4-6-20(19)26-34(29,30)24-14-18-12-16(2)8-10-22(18)32-24/h3-14,25-26H,1-2H3. The number of fused-ring (bicyclic) bond motifs is 2. The Morgan fingerprint density at radius 1 is 0.588 bits per heavy atom. The largest absolute Gasteiger partial charge is 0.277 e. The van der Waals surface area contributed by atoms with E-state index in [1.54, 1.807) is 24.3 Å². The van der Waals surface area contributed by atoms with Gasteiger partial charge in [0.05, 0.1) is 11.4 Å². The molecule has 0 saturated heterocycles. The summed E-state index contributed by atoms with van der Waals surface area (Å²) < 4.78 is 59.6. The predicted molar refractivity (Wildman–Crippen MR) is 141 cm³/mol. The molecule has 174 valence electrons. The highest BCUT2D eigenvalue weighted by Gasteiger charge is 2.22. The fraction of sp³-hybridized carbons (Fsp3) is 0.0833. The molecule has 0 radical (unpaired) electrons. The molecule has 0 spiro atoms. The predicted octanol–water partition coefficient (Wildman–Crippen LogP) is 6.33. The summed E-state index contributed by atoms with van der Waals surface area (Å²) in [6, 6.07) is 21.1. The van der Waals surface area contributed by atoms with Crippen LogP contribution in [0.3, 0.4) is 0 Å². The molecule has 2 aromatic heterocycles. The molecular weight excluding hydrogens is 509 g/mol. The Balaban J connectivity index is 1.46. The van der Waals surface area contributed by atoms with Crippen molar-refractivity contribution in [3.8, 4) is 0 Å². The van der Waals surface area contributed by atoms with Gasteiger partial charge in [-0.15, -0.1) is 22.7 Å².